The van der Waals surface area contributed by atoms with Gasteiger partial charge in [-0.15, -0.1) is 0 Å². The zero-order chi connectivity index (χ0) is 26.2. The van der Waals surface area contributed by atoms with E-state index in [0.717, 1.165) is 17.8 Å². The van der Waals surface area contributed by atoms with Crippen LogP contribution in [0.25, 0.3) is 16.9 Å². The minimum atomic E-state index is -4.75. The lowest BCUT2D eigenvalue weighted by Crippen LogP contribution is -2.15. The lowest BCUT2D eigenvalue weighted by Gasteiger charge is -2.12. The van der Waals surface area contributed by atoms with Gasteiger partial charge in [0.15, 0.2) is 11.3 Å². The summed E-state index contributed by atoms with van der Waals surface area (Å²) >= 11 is 0. The number of aromatic nitrogens is 5. The second-order valence-corrected chi connectivity index (χ2v) is 8.05. The summed E-state index contributed by atoms with van der Waals surface area (Å²) in [5.74, 6) is -0.530. The predicted octanol–water partition coefficient (Wildman–Crippen LogP) is 5.06. The number of fused-ring (bicyclic) bond motifs is 1. The molecule has 0 bridgehead atoms. The van der Waals surface area contributed by atoms with Crippen LogP contribution in [0.15, 0.2) is 73.2 Å². The second-order valence-electron chi connectivity index (χ2n) is 8.05. The lowest BCUT2D eigenvalue weighted by molar-refractivity contribution is -0.142. The number of nitrogens with one attached hydrogen (secondary N) is 1. The Labute approximate surface area is 207 Å². The van der Waals surface area contributed by atoms with Crippen molar-refractivity contribution in [1.29, 1.82) is 0 Å². The number of alkyl halides is 3. The van der Waals surface area contributed by atoms with E-state index in [1.807, 2.05) is 0 Å². The number of benzene rings is 2. The van der Waals surface area contributed by atoms with Crippen molar-refractivity contribution in [2.45, 2.75) is 12.7 Å². The number of ether oxygens (including phenoxy) is 1. The van der Waals surface area contributed by atoms with Gasteiger partial charge >= 0.3 is 6.18 Å². The number of rotatable bonds is 6. The average molecular weight is 510 g/mol. The number of hydrogen-bond donors (Lipinski definition) is 1. The maximum absolute atomic E-state index is 13.9. The highest BCUT2D eigenvalue weighted by atomic mass is 19.4. The van der Waals surface area contributed by atoms with E-state index in [9.17, 15) is 22.4 Å². The third kappa shape index (κ3) is 4.99. The first-order chi connectivity index (χ1) is 17.7. The summed E-state index contributed by atoms with van der Waals surface area (Å²) in [5.41, 5.74) is 0.0554. The minimum Gasteiger partial charge on any atom is -0.497 e. The van der Waals surface area contributed by atoms with Crippen LogP contribution in [0.4, 0.5) is 23.2 Å². The Kier molecular flexibility index (Phi) is 6.07. The van der Waals surface area contributed by atoms with E-state index in [2.05, 4.69) is 20.5 Å². The van der Waals surface area contributed by atoms with Crippen molar-refractivity contribution in [3.8, 4) is 17.0 Å². The minimum absolute atomic E-state index is 0.0177. The quantitative estimate of drug-likeness (QED) is 0.323. The van der Waals surface area contributed by atoms with Gasteiger partial charge < -0.3 is 10.1 Å². The van der Waals surface area contributed by atoms with Crippen LogP contribution in [-0.4, -0.2) is 37.4 Å². The number of methoxy groups -OCH3 is 1. The number of carbonyl (C=O) groups excluding carboxylic acids is 1. The van der Waals surface area contributed by atoms with E-state index in [1.165, 1.54) is 30.1 Å². The maximum Gasteiger partial charge on any atom is 0.433 e. The Hall–Kier alpha value is -4.74. The van der Waals surface area contributed by atoms with Gasteiger partial charge in [-0.2, -0.15) is 23.4 Å². The van der Waals surface area contributed by atoms with Crippen molar-refractivity contribution in [2.24, 2.45) is 0 Å². The Bertz CT molecular complexity index is 1570. The molecule has 0 fully saturated rings. The molecule has 188 valence electrons. The van der Waals surface area contributed by atoms with E-state index < -0.39 is 17.8 Å². The summed E-state index contributed by atoms with van der Waals surface area (Å²) in [6.07, 6.45) is -0.772. The Balaban J connectivity index is 1.45. The standard InChI is InChI=1S/C25H18F4N6O2/c1-37-19-8-4-16(5-9-19)21-10-22(25(27,28)29)35-23(33-21)20(12-31-35)24(36)32-18-11-30-34(14-18)13-15-2-6-17(26)7-3-15/h2-12,14H,13H2,1H3,(H,32,36). The molecule has 0 radical (unpaired) electrons. The summed E-state index contributed by atoms with van der Waals surface area (Å²) in [6.45, 7) is 0.328. The molecule has 0 unspecified atom stereocenters. The number of carbonyl (C=O) groups is 1. The first kappa shape index (κ1) is 24.0. The topological polar surface area (TPSA) is 86.3 Å². The average Bonchev–Trinajstić information content (AvgIpc) is 3.51. The van der Waals surface area contributed by atoms with Gasteiger partial charge in [0, 0.05) is 11.8 Å². The third-order valence-electron chi connectivity index (χ3n) is 5.54. The molecule has 5 rings (SSSR count). The zero-order valence-corrected chi connectivity index (χ0v) is 19.2. The summed E-state index contributed by atoms with van der Waals surface area (Å²) in [6, 6.07) is 13.1. The van der Waals surface area contributed by atoms with E-state index in [1.54, 1.807) is 42.6 Å². The summed E-state index contributed by atoms with van der Waals surface area (Å²) in [4.78, 5) is 17.3. The van der Waals surface area contributed by atoms with Crippen LogP contribution in [0, 0.1) is 5.82 Å². The van der Waals surface area contributed by atoms with Crippen molar-refractivity contribution in [3.05, 3.63) is 95.8 Å². The van der Waals surface area contributed by atoms with E-state index in [-0.39, 0.29) is 22.7 Å². The fraction of sp³-hybridized carbons (Fsp3) is 0.120. The number of amides is 1. The molecule has 1 N–H and O–H groups in total. The summed E-state index contributed by atoms with van der Waals surface area (Å²) in [5, 5.41) is 10.5. The smallest absolute Gasteiger partial charge is 0.433 e. The van der Waals surface area contributed by atoms with Gasteiger partial charge in [-0.3, -0.25) is 9.48 Å². The molecular weight excluding hydrogens is 492 g/mol. The van der Waals surface area contributed by atoms with Gasteiger partial charge in [0.05, 0.1) is 37.4 Å². The van der Waals surface area contributed by atoms with Crippen molar-refractivity contribution in [1.82, 2.24) is 24.4 Å². The largest absolute Gasteiger partial charge is 0.497 e. The Morgan fingerprint density at radius 1 is 1.03 bits per heavy atom. The number of hydrogen-bond acceptors (Lipinski definition) is 5. The highest BCUT2D eigenvalue weighted by Gasteiger charge is 2.36. The van der Waals surface area contributed by atoms with Crippen molar-refractivity contribution in [3.63, 3.8) is 0 Å². The molecule has 1 amide bonds. The highest BCUT2D eigenvalue weighted by molar-refractivity contribution is 6.08. The fourth-order valence-corrected chi connectivity index (χ4v) is 3.72. The van der Waals surface area contributed by atoms with Crippen LogP contribution in [0.2, 0.25) is 0 Å². The fourth-order valence-electron chi connectivity index (χ4n) is 3.72. The van der Waals surface area contributed by atoms with Crippen LogP contribution in [-0.2, 0) is 12.7 Å². The molecule has 2 aromatic carbocycles. The summed E-state index contributed by atoms with van der Waals surface area (Å²) in [7, 11) is 1.48. The molecule has 12 heteroatoms. The number of anilines is 1. The van der Waals surface area contributed by atoms with Gasteiger partial charge in [0.1, 0.15) is 17.1 Å². The molecule has 3 aromatic heterocycles. The molecule has 0 aliphatic rings. The SMILES string of the molecule is COc1ccc(-c2cc(C(F)(F)F)n3ncc(C(=O)Nc4cnn(Cc5ccc(F)cc5)c4)c3n2)cc1. The van der Waals surface area contributed by atoms with Crippen LogP contribution >= 0.6 is 0 Å². The van der Waals surface area contributed by atoms with Gasteiger partial charge in [0.25, 0.3) is 5.91 Å². The first-order valence-electron chi connectivity index (χ1n) is 10.9. The summed E-state index contributed by atoms with van der Waals surface area (Å²) < 4.78 is 61.9. The predicted molar refractivity (Wildman–Crippen MR) is 126 cm³/mol. The highest BCUT2D eigenvalue weighted by Crippen LogP contribution is 2.33. The number of halogens is 4. The molecule has 0 aliphatic carbocycles. The number of nitrogens with zero attached hydrogens (tertiary/aromatic N) is 5. The van der Waals surface area contributed by atoms with Crippen LogP contribution in [0.3, 0.4) is 0 Å². The lowest BCUT2D eigenvalue weighted by atomic mass is 10.1. The Morgan fingerprint density at radius 3 is 2.43 bits per heavy atom. The van der Waals surface area contributed by atoms with Crippen molar-refractivity contribution < 1.29 is 27.1 Å². The molecule has 0 atom stereocenters. The molecule has 0 saturated heterocycles. The van der Waals surface area contributed by atoms with Gasteiger partial charge in [-0.05, 0) is 48.0 Å². The van der Waals surface area contributed by atoms with Crippen LogP contribution < -0.4 is 10.1 Å². The van der Waals surface area contributed by atoms with Crippen LogP contribution in [0.1, 0.15) is 21.6 Å². The molecule has 5 aromatic rings. The molecule has 0 saturated carbocycles. The molecule has 8 nitrogen and oxygen atoms in total. The second kappa shape index (κ2) is 9.37. The van der Waals surface area contributed by atoms with Gasteiger partial charge in [0.2, 0.25) is 0 Å². The molecule has 0 aliphatic heterocycles. The van der Waals surface area contributed by atoms with E-state index >= 15 is 0 Å². The van der Waals surface area contributed by atoms with E-state index in [4.69, 9.17) is 4.74 Å². The first-order valence-corrected chi connectivity index (χ1v) is 10.9. The molecule has 37 heavy (non-hydrogen) atoms. The van der Waals surface area contributed by atoms with Crippen molar-refractivity contribution >= 4 is 17.2 Å². The van der Waals surface area contributed by atoms with Crippen LogP contribution in [0.5, 0.6) is 5.75 Å². The Morgan fingerprint density at radius 2 is 1.76 bits per heavy atom. The normalized spacial score (nSPS) is 11.6. The van der Waals surface area contributed by atoms with Crippen molar-refractivity contribution in [2.75, 3.05) is 12.4 Å². The third-order valence-corrected chi connectivity index (χ3v) is 5.54. The van der Waals surface area contributed by atoms with Gasteiger partial charge in [-0.1, -0.05) is 12.1 Å². The van der Waals surface area contributed by atoms with E-state index in [0.29, 0.717) is 28.1 Å². The zero-order valence-electron chi connectivity index (χ0n) is 19.2. The monoisotopic (exact) mass is 510 g/mol. The molecule has 3 heterocycles. The maximum atomic E-state index is 13.9. The molecular formula is C25H18F4N6O2. The molecule has 0 spiro atoms. The van der Waals surface area contributed by atoms with Gasteiger partial charge in [-0.25, -0.2) is 13.9 Å².